The van der Waals surface area contributed by atoms with Crippen LogP contribution in [-0.2, 0) is 4.79 Å². The minimum absolute atomic E-state index is 0.0641. The molecule has 6 heteroatoms. The molecule has 0 saturated carbocycles. The molecule has 2 fully saturated rings. The Kier molecular flexibility index (Phi) is 5.85. The summed E-state index contributed by atoms with van der Waals surface area (Å²) >= 11 is 0. The summed E-state index contributed by atoms with van der Waals surface area (Å²) in [5, 5.41) is 3.14. The fourth-order valence-corrected chi connectivity index (χ4v) is 3.09. The van der Waals surface area contributed by atoms with Crippen LogP contribution in [0.3, 0.4) is 0 Å². The second kappa shape index (κ2) is 7.64. The maximum absolute atomic E-state index is 12.3. The number of nitrogens with zero attached hydrogens (tertiary/aromatic N) is 3. The zero-order valence-corrected chi connectivity index (χ0v) is 13.3. The van der Waals surface area contributed by atoms with Crippen molar-refractivity contribution in [3.05, 3.63) is 0 Å². The van der Waals surface area contributed by atoms with Crippen LogP contribution < -0.4 is 5.32 Å². The average Bonchev–Trinajstić information content (AvgIpc) is 2.73. The molecule has 2 aliphatic rings. The van der Waals surface area contributed by atoms with Crippen LogP contribution in [0.15, 0.2) is 0 Å². The summed E-state index contributed by atoms with van der Waals surface area (Å²) in [5.74, 6) is 0.131. The van der Waals surface area contributed by atoms with E-state index in [0.29, 0.717) is 0 Å². The van der Waals surface area contributed by atoms with Gasteiger partial charge in [-0.3, -0.25) is 4.79 Å². The third kappa shape index (κ3) is 4.59. The second-order valence-corrected chi connectivity index (χ2v) is 6.00. The van der Waals surface area contributed by atoms with Gasteiger partial charge in [-0.2, -0.15) is 0 Å². The normalized spacial score (nSPS) is 22.0. The zero-order valence-electron chi connectivity index (χ0n) is 13.3. The molecule has 3 amide bonds. The molecule has 2 aliphatic heterocycles. The molecular weight excluding hydrogens is 268 g/mol. The standard InChI is InChI=1S/C15H28N4O2/c1-3-17-7-4-8-19(12-11-17)15(21)16-14-5-9-18(10-6-14)13(2)20/h14H,3-12H2,1-2H3,(H,16,21). The summed E-state index contributed by atoms with van der Waals surface area (Å²) in [6.07, 6.45) is 2.77. The van der Waals surface area contributed by atoms with Gasteiger partial charge in [-0.15, -0.1) is 0 Å². The molecular formula is C15H28N4O2. The minimum Gasteiger partial charge on any atom is -0.343 e. The molecule has 2 heterocycles. The largest absolute Gasteiger partial charge is 0.343 e. The first-order valence-electron chi connectivity index (χ1n) is 8.13. The van der Waals surface area contributed by atoms with E-state index in [2.05, 4.69) is 17.1 Å². The number of likely N-dealkylation sites (tertiary alicyclic amines) is 1. The van der Waals surface area contributed by atoms with Crippen LogP contribution in [0.4, 0.5) is 4.79 Å². The van der Waals surface area contributed by atoms with Gasteiger partial charge in [0.2, 0.25) is 5.91 Å². The third-order valence-corrected chi connectivity index (χ3v) is 4.59. The van der Waals surface area contributed by atoms with Crippen LogP contribution in [0.25, 0.3) is 0 Å². The van der Waals surface area contributed by atoms with E-state index in [1.54, 1.807) is 6.92 Å². The van der Waals surface area contributed by atoms with Gasteiger partial charge in [0.05, 0.1) is 0 Å². The van der Waals surface area contributed by atoms with Gasteiger partial charge in [-0.25, -0.2) is 4.79 Å². The maximum atomic E-state index is 12.3. The highest BCUT2D eigenvalue weighted by Gasteiger charge is 2.24. The number of urea groups is 1. The fourth-order valence-electron chi connectivity index (χ4n) is 3.09. The number of hydrogen-bond acceptors (Lipinski definition) is 3. The lowest BCUT2D eigenvalue weighted by Gasteiger charge is -2.33. The van der Waals surface area contributed by atoms with E-state index < -0.39 is 0 Å². The molecule has 0 unspecified atom stereocenters. The van der Waals surface area contributed by atoms with Crippen molar-refractivity contribution in [1.29, 1.82) is 0 Å². The summed E-state index contributed by atoms with van der Waals surface area (Å²) in [5.41, 5.74) is 0. The predicted octanol–water partition coefficient (Wildman–Crippen LogP) is 0.735. The summed E-state index contributed by atoms with van der Waals surface area (Å²) in [6.45, 7) is 10.0. The SMILES string of the molecule is CCN1CCCN(C(=O)NC2CCN(C(C)=O)CC2)CC1. The Bertz CT molecular complexity index is 367. The Balaban J connectivity index is 1.75. The number of hydrogen-bond donors (Lipinski definition) is 1. The Morgan fingerprint density at radius 3 is 2.33 bits per heavy atom. The summed E-state index contributed by atoms with van der Waals surface area (Å²) in [7, 11) is 0. The number of likely N-dealkylation sites (N-methyl/N-ethyl adjacent to an activating group) is 1. The van der Waals surface area contributed by atoms with Gasteiger partial charge in [0.1, 0.15) is 0 Å². The van der Waals surface area contributed by atoms with Crippen molar-refractivity contribution in [1.82, 2.24) is 20.0 Å². The van der Waals surface area contributed by atoms with E-state index in [9.17, 15) is 9.59 Å². The molecule has 1 N–H and O–H groups in total. The number of rotatable bonds is 2. The molecule has 0 aromatic rings. The number of piperidine rings is 1. The third-order valence-electron chi connectivity index (χ3n) is 4.59. The average molecular weight is 296 g/mol. The molecule has 0 aromatic carbocycles. The molecule has 0 spiro atoms. The van der Waals surface area contributed by atoms with Crippen molar-refractivity contribution in [2.24, 2.45) is 0 Å². The molecule has 0 bridgehead atoms. The Morgan fingerprint density at radius 2 is 1.71 bits per heavy atom. The Hall–Kier alpha value is -1.30. The van der Waals surface area contributed by atoms with Crippen molar-refractivity contribution in [2.45, 2.75) is 39.2 Å². The topological polar surface area (TPSA) is 55.9 Å². The lowest BCUT2D eigenvalue weighted by Crippen LogP contribution is -2.50. The first-order chi connectivity index (χ1) is 10.1. The van der Waals surface area contributed by atoms with Gasteiger partial charge < -0.3 is 20.0 Å². The molecule has 0 aromatic heterocycles. The van der Waals surface area contributed by atoms with Gasteiger partial charge in [0.25, 0.3) is 0 Å². The van der Waals surface area contributed by atoms with Crippen LogP contribution in [0.2, 0.25) is 0 Å². The molecule has 21 heavy (non-hydrogen) atoms. The minimum atomic E-state index is 0.0641. The van der Waals surface area contributed by atoms with Crippen LogP contribution in [0.5, 0.6) is 0 Å². The highest BCUT2D eigenvalue weighted by Crippen LogP contribution is 2.11. The Labute approximate surface area is 127 Å². The van der Waals surface area contributed by atoms with Crippen molar-refractivity contribution in [2.75, 3.05) is 45.8 Å². The summed E-state index contributed by atoms with van der Waals surface area (Å²) in [4.78, 5) is 29.8. The van der Waals surface area contributed by atoms with Crippen molar-refractivity contribution >= 4 is 11.9 Å². The molecule has 0 aliphatic carbocycles. The molecule has 2 rings (SSSR count). The number of nitrogens with one attached hydrogen (secondary N) is 1. The van der Waals surface area contributed by atoms with Gasteiger partial charge >= 0.3 is 6.03 Å². The summed E-state index contributed by atoms with van der Waals surface area (Å²) in [6, 6.07) is 0.271. The monoisotopic (exact) mass is 296 g/mol. The lowest BCUT2D eigenvalue weighted by molar-refractivity contribution is -0.129. The number of amides is 3. The van der Waals surface area contributed by atoms with Gasteiger partial charge in [0, 0.05) is 45.7 Å². The lowest BCUT2D eigenvalue weighted by atomic mass is 10.1. The molecule has 0 atom stereocenters. The van der Waals surface area contributed by atoms with Gasteiger partial charge in [-0.05, 0) is 32.4 Å². The van der Waals surface area contributed by atoms with Crippen molar-refractivity contribution in [3.63, 3.8) is 0 Å². The smallest absolute Gasteiger partial charge is 0.317 e. The van der Waals surface area contributed by atoms with Gasteiger partial charge in [-0.1, -0.05) is 6.92 Å². The first kappa shape index (κ1) is 16.1. The highest BCUT2D eigenvalue weighted by atomic mass is 16.2. The number of carbonyl (C=O) groups is 2. The van der Waals surface area contributed by atoms with Gasteiger partial charge in [0.15, 0.2) is 0 Å². The van der Waals surface area contributed by atoms with Crippen LogP contribution >= 0.6 is 0 Å². The number of carbonyl (C=O) groups excluding carboxylic acids is 2. The van der Waals surface area contributed by atoms with E-state index in [-0.39, 0.29) is 18.0 Å². The van der Waals surface area contributed by atoms with E-state index in [0.717, 1.165) is 65.1 Å². The summed E-state index contributed by atoms with van der Waals surface area (Å²) < 4.78 is 0. The quantitative estimate of drug-likeness (QED) is 0.817. The molecule has 0 radical (unpaired) electrons. The van der Waals surface area contributed by atoms with Crippen molar-refractivity contribution < 1.29 is 9.59 Å². The molecule has 2 saturated heterocycles. The second-order valence-electron chi connectivity index (χ2n) is 6.00. The van der Waals surface area contributed by atoms with E-state index in [1.807, 2.05) is 9.80 Å². The van der Waals surface area contributed by atoms with Crippen LogP contribution in [0, 0.1) is 0 Å². The highest BCUT2D eigenvalue weighted by molar-refractivity contribution is 5.75. The van der Waals surface area contributed by atoms with Crippen molar-refractivity contribution in [3.8, 4) is 0 Å². The molecule has 120 valence electrons. The maximum Gasteiger partial charge on any atom is 0.317 e. The predicted molar refractivity (Wildman–Crippen MR) is 82.1 cm³/mol. The Morgan fingerprint density at radius 1 is 1.00 bits per heavy atom. The van der Waals surface area contributed by atoms with Crippen LogP contribution in [0.1, 0.15) is 33.1 Å². The first-order valence-corrected chi connectivity index (χ1v) is 8.13. The zero-order chi connectivity index (χ0) is 15.2. The molecule has 6 nitrogen and oxygen atoms in total. The van der Waals surface area contributed by atoms with E-state index in [1.165, 1.54) is 0 Å². The van der Waals surface area contributed by atoms with E-state index >= 15 is 0 Å². The van der Waals surface area contributed by atoms with Crippen LogP contribution in [-0.4, -0.2) is 78.5 Å². The fraction of sp³-hybridized carbons (Fsp3) is 0.867. The van der Waals surface area contributed by atoms with E-state index in [4.69, 9.17) is 0 Å².